The van der Waals surface area contributed by atoms with E-state index in [1.54, 1.807) is 0 Å². The van der Waals surface area contributed by atoms with Gasteiger partial charge < -0.3 is 0 Å². The molecule has 0 saturated carbocycles. The van der Waals surface area contributed by atoms with Gasteiger partial charge in [-0.2, -0.15) is 0 Å². The minimum absolute atomic E-state index is 0.212. The second-order valence-electron chi connectivity index (χ2n) is 2.59. The maximum Gasteiger partial charge on any atom is 0.178 e. The van der Waals surface area contributed by atoms with Crippen LogP contribution in [0.25, 0.3) is 0 Å². The monoisotopic (exact) mass is 599 g/mol. The molecular weight excluding hydrogens is 604 g/mol. The first-order valence-corrected chi connectivity index (χ1v) is 8.90. The molecule has 0 radical (unpaired) electrons. The van der Waals surface area contributed by atoms with Crippen molar-refractivity contribution in [3.63, 3.8) is 0 Å². The molecule has 0 aliphatic carbocycles. The molecule has 0 N–H and O–H groups in total. The summed E-state index contributed by atoms with van der Waals surface area (Å²) in [6, 6.07) is 0. The molecule has 0 atom stereocenters. The number of alkyl halides is 5. The summed E-state index contributed by atoms with van der Waals surface area (Å²) in [7, 11) is 0. The fraction of sp³-hybridized carbons (Fsp3) is 0.286. The molecule has 0 unspecified atom stereocenters. The van der Waals surface area contributed by atoms with Crippen molar-refractivity contribution in [3.05, 3.63) is 26.5 Å². The van der Waals surface area contributed by atoms with Crippen LogP contribution in [0, 0.1) is 0 Å². The van der Waals surface area contributed by atoms with Gasteiger partial charge in [-0.05, 0) is 0 Å². The molecule has 1 rings (SSSR count). The molecule has 0 aliphatic heterocycles. The largest absolute Gasteiger partial charge is 0.249 e. The van der Waals surface area contributed by atoms with Gasteiger partial charge in [0.25, 0.3) is 0 Å². The zero-order valence-corrected chi connectivity index (χ0v) is 17.2. The first-order valence-electron chi connectivity index (χ1n) is 3.56. The van der Waals surface area contributed by atoms with Crippen LogP contribution in [0.3, 0.4) is 0 Å². The highest BCUT2D eigenvalue weighted by Crippen LogP contribution is 2.50. The van der Waals surface area contributed by atoms with Gasteiger partial charge in [-0.1, -0.05) is 114 Å². The van der Waals surface area contributed by atoms with Crippen molar-refractivity contribution in [2.75, 3.05) is 0 Å². The average molecular weight is 605 g/mol. The molecule has 1 nitrogen and oxygen atoms in total. The lowest BCUT2D eigenvalue weighted by atomic mass is 10.3. The summed E-state index contributed by atoms with van der Waals surface area (Å²) in [6.45, 7) is 0. The van der Waals surface area contributed by atoms with Crippen LogP contribution in [0.5, 0.6) is 0 Å². The van der Waals surface area contributed by atoms with E-state index in [0.717, 1.165) is 0 Å². The first kappa shape index (κ1) is 16.5. The van der Waals surface area contributed by atoms with Crippen LogP contribution in [0.1, 0.15) is 15.1 Å². The predicted molar refractivity (Wildman–Crippen MR) is 88.3 cm³/mol. The molecule has 0 aromatic carbocycles. The Morgan fingerprint density at radius 2 is 1.44 bits per heavy atom. The van der Waals surface area contributed by atoms with E-state index in [4.69, 9.17) is 34.8 Å². The first-order chi connectivity index (χ1) is 7.16. The zero-order chi connectivity index (χ0) is 12.7. The maximum absolute atomic E-state index is 6.06. The van der Waals surface area contributed by atoms with Crippen molar-refractivity contribution in [1.82, 2.24) is 4.98 Å². The van der Waals surface area contributed by atoms with Gasteiger partial charge in [0.05, 0.1) is 26.5 Å². The highest BCUT2D eigenvalue weighted by Gasteiger charge is 2.30. The van der Waals surface area contributed by atoms with Crippen LogP contribution < -0.4 is 0 Å². The zero-order valence-electron chi connectivity index (χ0n) is 7.05. The summed E-state index contributed by atoms with van der Waals surface area (Å²) in [5, 5.41) is 0.850. The van der Waals surface area contributed by atoms with Gasteiger partial charge in [0.2, 0.25) is 0 Å². The van der Waals surface area contributed by atoms with Gasteiger partial charge in [0.1, 0.15) is 3.74 Å². The fourth-order valence-corrected chi connectivity index (χ4v) is 3.75. The van der Waals surface area contributed by atoms with E-state index in [0.29, 0.717) is 16.4 Å². The molecular formula is C7HBr5Cl3N. The summed E-state index contributed by atoms with van der Waals surface area (Å²) in [4.78, 5) is 4.32. The van der Waals surface area contributed by atoms with Crippen molar-refractivity contribution in [3.8, 4) is 0 Å². The van der Waals surface area contributed by atoms with E-state index in [1.807, 2.05) is 0 Å². The molecule has 0 saturated heterocycles. The van der Waals surface area contributed by atoms with E-state index in [9.17, 15) is 0 Å². The second-order valence-corrected chi connectivity index (χ2v) is 13.5. The van der Waals surface area contributed by atoms with Crippen LogP contribution in [0.4, 0.5) is 0 Å². The molecule has 1 aromatic rings. The van der Waals surface area contributed by atoms with Gasteiger partial charge in [0.15, 0.2) is 2.14 Å². The Labute approximate surface area is 150 Å². The third kappa shape index (κ3) is 3.71. The number of rotatable bonds is 1. The van der Waals surface area contributed by atoms with Crippen molar-refractivity contribution < 1.29 is 0 Å². The standard InChI is InChI=1S/C7HBr5Cl3N/c8-6(9)4-2(14)1(13)3(15)5(16-4)7(10,11)12/h6H. The van der Waals surface area contributed by atoms with Gasteiger partial charge in [-0.15, -0.1) is 0 Å². The molecule has 0 fully saturated rings. The van der Waals surface area contributed by atoms with Gasteiger partial charge in [-0.3, -0.25) is 0 Å². The molecule has 16 heavy (non-hydrogen) atoms. The Bertz CT molecular complexity index is 417. The summed E-state index contributed by atoms with van der Waals surface area (Å²) in [6.07, 6.45) is 0. The van der Waals surface area contributed by atoms with Gasteiger partial charge in [0, 0.05) is 0 Å². The molecule has 0 aliphatic rings. The van der Waals surface area contributed by atoms with E-state index in [-0.39, 0.29) is 13.8 Å². The smallest absolute Gasteiger partial charge is 0.178 e. The highest BCUT2D eigenvalue weighted by atomic mass is 80.0. The lowest BCUT2D eigenvalue weighted by Crippen LogP contribution is -2.06. The number of pyridine rings is 1. The molecule has 90 valence electrons. The lowest BCUT2D eigenvalue weighted by Gasteiger charge is -2.17. The lowest BCUT2D eigenvalue weighted by molar-refractivity contribution is 1.08. The minimum Gasteiger partial charge on any atom is -0.249 e. The Hall–Kier alpha value is 2.42. The summed E-state index contributed by atoms with van der Waals surface area (Å²) >= 11 is 34.8. The molecule has 9 heteroatoms. The van der Waals surface area contributed by atoms with Crippen molar-refractivity contribution in [1.29, 1.82) is 0 Å². The predicted octanol–water partition coefficient (Wildman–Crippen LogP) is 7.13. The number of aromatic nitrogens is 1. The second kappa shape index (κ2) is 6.25. The maximum atomic E-state index is 6.06. The Morgan fingerprint density at radius 3 is 1.81 bits per heavy atom. The number of hydrogen-bond donors (Lipinski definition) is 0. The van der Waals surface area contributed by atoms with E-state index >= 15 is 0 Å². The van der Waals surface area contributed by atoms with Crippen LogP contribution in [0.15, 0.2) is 0 Å². The summed E-state index contributed by atoms with van der Waals surface area (Å²) in [5.41, 5.74) is 1.04. The number of halogens is 8. The third-order valence-corrected chi connectivity index (χ3v) is 4.84. The van der Waals surface area contributed by atoms with E-state index in [1.165, 1.54) is 0 Å². The number of nitrogens with zero attached hydrogens (tertiary/aromatic N) is 1. The quantitative estimate of drug-likeness (QED) is 0.311. The van der Waals surface area contributed by atoms with E-state index < -0.39 is 2.14 Å². The molecule has 0 amide bonds. The Kier molecular flexibility index (Phi) is 6.43. The summed E-state index contributed by atoms with van der Waals surface area (Å²) in [5.74, 6) is 0. The minimum atomic E-state index is -0.748. The van der Waals surface area contributed by atoms with Crippen LogP contribution in [0.2, 0.25) is 15.1 Å². The van der Waals surface area contributed by atoms with Crippen LogP contribution in [-0.2, 0) is 2.14 Å². The normalized spacial score (nSPS) is 12.3. The van der Waals surface area contributed by atoms with Gasteiger partial charge >= 0.3 is 0 Å². The van der Waals surface area contributed by atoms with Crippen molar-refractivity contribution in [2.24, 2.45) is 0 Å². The van der Waals surface area contributed by atoms with Gasteiger partial charge in [-0.25, -0.2) is 4.98 Å². The third-order valence-electron chi connectivity index (χ3n) is 1.53. The molecule has 1 aromatic heterocycles. The Morgan fingerprint density at radius 1 is 0.938 bits per heavy atom. The molecule has 0 spiro atoms. The van der Waals surface area contributed by atoms with Crippen molar-refractivity contribution in [2.45, 2.75) is 5.88 Å². The van der Waals surface area contributed by atoms with Crippen LogP contribution >= 0.6 is 114 Å². The number of hydrogen-bond acceptors (Lipinski definition) is 1. The Balaban J connectivity index is 3.54. The summed E-state index contributed by atoms with van der Waals surface area (Å²) < 4.78 is -0.960. The van der Waals surface area contributed by atoms with Crippen LogP contribution in [-0.4, -0.2) is 4.98 Å². The van der Waals surface area contributed by atoms with Crippen molar-refractivity contribution >= 4 is 114 Å². The fourth-order valence-electron chi connectivity index (χ4n) is 0.864. The topological polar surface area (TPSA) is 12.9 Å². The highest BCUT2D eigenvalue weighted by molar-refractivity contribution is 9.38. The average Bonchev–Trinajstić information content (AvgIpc) is 2.11. The molecule has 1 heterocycles. The molecule has 0 bridgehead atoms. The SMILES string of the molecule is Clc1c(C(Br)Br)nc(C(Br)(Br)Br)c(Cl)c1Cl. The van der Waals surface area contributed by atoms with E-state index in [2.05, 4.69) is 84.6 Å².